The monoisotopic (exact) mass is 263 g/mol. The number of carboxylic acids is 1. The predicted molar refractivity (Wildman–Crippen MR) is 69.0 cm³/mol. The van der Waals surface area contributed by atoms with Gasteiger partial charge in [-0.1, -0.05) is 25.0 Å². The van der Waals surface area contributed by atoms with E-state index in [1.807, 2.05) is 0 Å². The van der Waals surface area contributed by atoms with Gasteiger partial charge in [-0.25, -0.2) is 0 Å². The van der Waals surface area contributed by atoms with Crippen LogP contribution in [0.5, 0.6) is 5.75 Å². The predicted octanol–water partition coefficient (Wildman–Crippen LogP) is 1.77. The first-order chi connectivity index (χ1) is 9.05. The zero-order chi connectivity index (χ0) is 13.9. The van der Waals surface area contributed by atoms with Gasteiger partial charge in [-0.05, 0) is 25.0 Å². The van der Waals surface area contributed by atoms with Gasteiger partial charge in [-0.2, -0.15) is 0 Å². The van der Waals surface area contributed by atoms with E-state index in [0.29, 0.717) is 12.8 Å². The molecular weight excluding hydrogens is 246 g/mol. The molecule has 1 aromatic carbocycles. The molecule has 1 amide bonds. The summed E-state index contributed by atoms with van der Waals surface area (Å²) in [6.07, 6.45) is 2.92. The minimum atomic E-state index is -0.859. The molecule has 1 aliphatic rings. The van der Waals surface area contributed by atoms with Crippen molar-refractivity contribution < 1.29 is 19.8 Å². The average molecular weight is 263 g/mol. The van der Waals surface area contributed by atoms with Gasteiger partial charge in [0.15, 0.2) is 0 Å². The van der Waals surface area contributed by atoms with Crippen LogP contribution < -0.4 is 5.32 Å². The highest BCUT2D eigenvalue weighted by Gasteiger charge is 2.41. The van der Waals surface area contributed by atoms with Gasteiger partial charge in [0.2, 0.25) is 0 Å². The molecule has 1 aromatic rings. The Hall–Kier alpha value is -2.04. The van der Waals surface area contributed by atoms with Crippen LogP contribution in [0.15, 0.2) is 24.3 Å². The molecule has 0 bridgehead atoms. The van der Waals surface area contributed by atoms with Crippen molar-refractivity contribution in [1.82, 2.24) is 5.32 Å². The third-order valence-corrected chi connectivity index (χ3v) is 3.75. The number of carbonyl (C=O) groups is 2. The molecular formula is C14H17NO4. The molecule has 1 fully saturated rings. The molecule has 0 aliphatic heterocycles. The molecule has 3 N–H and O–H groups in total. The maximum absolute atomic E-state index is 11.9. The summed E-state index contributed by atoms with van der Waals surface area (Å²) in [4.78, 5) is 23.3. The van der Waals surface area contributed by atoms with Crippen molar-refractivity contribution >= 4 is 11.9 Å². The van der Waals surface area contributed by atoms with Crippen molar-refractivity contribution in [3.05, 3.63) is 29.8 Å². The Labute approximate surface area is 111 Å². The fraction of sp³-hybridized carbons (Fsp3) is 0.429. The minimum Gasteiger partial charge on any atom is -0.507 e. The quantitative estimate of drug-likeness (QED) is 0.772. The number of phenolic OH excluding ortho intramolecular Hbond substituents is 1. The topological polar surface area (TPSA) is 86.6 Å². The molecule has 102 valence electrons. The van der Waals surface area contributed by atoms with Gasteiger partial charge in [-0.15, -0.1) is 0 Å². The highest BCUT2D eigenvalue weighted by Crippen LogP contribution is 2.37. The number of hydrogen-bond acceptors (Lipinski definition) is 3. The molecule has 0 spiro atoms. The molecule has 19 heavy (non-hydrogen) atoms. The van der Waals surface area contributed by atoms with Crippen LogP contribution in [0.2, 0.25) is 0 Å². The van der Waals surface area contributed by atoms with E-state index in [1.165, 1.54) is 12.1 Å². The van der Waals surface area contributed by atoms with Crippen molar-refractivity contribution in [2.45, 2.75) is 25.7 Å². The van der Waals surface area contributed by atoms with E-state index in [2.05, 4.69) is 5.32 Å². The summed E-state index contributed by atoms with van der Waals surface area (Å²) in [5.41, 5.74) is -0.680. The molecule has 0 saturated heterocycles. The van der Waals surface area contributed by atoms with Gasteiger partial charge in [0.1, 0.15) is 5.75 Å². The number of aromatic hydroxyl groups is 1. The van der Waals surface area contributed by atoms with Crippen molar-refractivity contribution in [2.75, 3.05) is 6.54 Å². The van der Waals surface area contributed by atoms with Crippen LogP contribution in [0.4, 0.5) is 0 Å². The van der Waals surface area contributed by atoms with E-state index in [9.17, 15) is 19.8 Å². The highest BCUT2D eigenvalue weighted by atomic mass is 16.4. The standard InChI is InChI=1S/C14H17NO4/c16-11-6-2-1-5-10(11)12(17)15-9-14(13(18)19)7-3-4-8-14/h1-2,5-6,16H,3-4,7-9H2,(H,15,17)(H,18,19). The number of nitrogens with one attached hydrogen (secondary N) is 1. The van der Waals surface area contributed by atoms with E-state index in [0.717, 1.165) is 12.8 Å². The number of hydrogen-bond donors (Lipinski definition) is 3. The van der Waals surface area contributed by atoms with Gasteiger partial charge in [0.05, 0.1) is 11.0 Å². The van der Waals surface area contributed by atoms with Gasteiger partial charge < -0.3 is 15.5 Å². The molecule has 0 unspecified atom stereocenters. The molecule has 2 rings (SSSR count). The zero-order valence-electron chi connectivity index (χ0n) is 10.6. The van der Waals surface area contributed by atoms with Crippen LogP contribution in [-0.2, 0) is 4.79 Å². The number of carbonyl (C=O) groups excluding carboxylic acids is 1. The molecule has 0 aromatic heterocycles. The first-order valence-electron chi connectivity index (χ1n) is 6.35. The largest absolute Gasteiger partial charge is 0.507 e. The maximum Gasteiger partial charge on any atom is 0.311 e. The van der Waals surface area contributed by atoms with Gasteiger partial charge in [0, 0.05) is 6.54 Å². The van der Waals surface area contributed by atoms with Crippen LogP contribution in [-0.4, -0.2) is 28.6 Å². The number of benzene rings is 1. The normalized spacial score (nSPS) is 17.1. The van der Waals surface area contributed by atoms with E-state index >= 15 is 0 Å². The Morgan fingerprint density at radius 2 is 1.84 bits per heavy atom. The Kier molecular flexibility index (Phi) is 3.74. The van der Waals surface area contributed by atoms with Crippen LogP contribution >= 0.6 is 0 Å². The molecule has 5 nitrogen and oxygen atoms in total. The number of carboxylic acid groups (broad SMARTS) is 1. The lowest BCUT2D eigenvalue weighted by atomic mass is 9.86. The molecule has 5 heteroatoms. The summed E-state index contributed by atoms with van der Waals surface area (Å²) in [5.74, 6) is -1.40. The molecule has 1 saturated carbocycles. The second-order valence-electron chi connectivity index (χ2n) is 4.99. The van der Waals surface area contributed by atoms with E-state index < -0.39 is 17.3 Å². The summed E-state index contributed by atoms with van der Waals surface area (Å²) < 4.78 is 0. The number of amides is 1. The first-order valence-corrected chi connectivity index (χ1v) is 6.35. The van der Waals surface area contributed by atoms with E-state index in [4.69, 9.17) is 0 Å². The summed E-state index contributed by atoms with van der Waals surface area (Å²) >= 11 is 0. The SMILES string of the molecule is O=C(NCC1(C(=O)O)CCCC1)c1ccccc1O. The minimum absolute atomic E-state index is 0.101. The number of para-hydroxylation sites is 1. The van der Waals surface area contributed by atoms with Crippen LogP contribution in [0.3, 0.4) is 0 Å². The molecule has 0 heterocycles. The fourth-order valence-electron chi connectivity index (χ4n) is 2.53. The molecule has 0 radical (unpaired) electrons. The van der Waals surface area contributed by atoms with E-state index in [1.54, 1.807) is 12.1 Å². The van der Waals surface area contributed by atoms with Crippen molar-refractivity contribution in [2.24, 2.45) is 5.41 Å². The lowest BCUT2D eigenvalue weighted by Crippen LogP contribution is -2.41. The van der Waals surface area contributed by atoms with Crippen LogP contribution in [0, 0.1) is 5.41 Å². The lowest BCUT2D eigenvalue weighted by Gasteiger charge is -2.24. The molecule has 0 atom stereocenters. The second-order valence-corrected chi connectivity index (χ2v) is 4.99. The number of phenols is 1. The first kappa shape index (κ1) is 13.4. The zero-order valence-corrected chi connectivity index (χ0v) is 10.6. The Morgan fingerprint density at radius 1 is 1.21 bits per heavy atom. The second kappa shape index (κ2) is 5.30. The Balaban J connectivity index is 2.04. The summed E-state index contributed by atoms with van der Waals surface area (Å²) in [5, 5.41) is 21.5. The summed E-state index contributed by atoms with van der Waals surface area (Å²) in [7, 11) is 0. The molecule has 1 aliphatic carbocycles. The van der Waals surface area contributed by atoms with Crippen molar-refractivity contribution in [3.63, 3.8) is 0 Å². The number of rotatable bonds is 4. The maximum atomic E-state index is 11.9. The van der Waals surface area contributed by atoms with Crippen LogP contribution in [0.25, 0.3) is 0 Å². The van der Waals surface area contributed by atoms with Crippen LogP contribution in [0.1, 0.15) is 36.0 Å². The lowest BCUT2D eigenvalue weighted by molar-refractivity contribution is -0.148. The van der Waals surface area contributed by atoms with Gasteiger partial charge in [0.25, 0.3) is 5.91 Å². The van der Waals surface area contributed by atoms with Crippen molar-refractivity contribution in [3.8, 4) is 5.75 Å². The van der Waals surface area contributed by atoms with Gasteiger partial charge >= 0.3 is 5.97 Å². The summed E-state index contributed by atoms with van der Waals surface area (Å²) in [6.45, 7) is 0.107. The average Bonchev–Trinajstić information content (AvgIpc) is 2.86. The smallest absolute Gasteiger partial charge is 0.311 e. The third kappa shape index (κ3) is 2.70. The van der Waals surface area contributed by atoms with Crippen molar-refractivity contribution in [1.29, 1.82) is 0 Å². The Morgan fingerprint density at radius 3 is 2.42 bits per heavy atom. The van der Waals surface area contributed by atoms with Gasteiger partial charge in [-0.3, -0.25) is 9.59 Å². The van der Waals surface area contributed by atoms with E-state index in [-0.39, 0.29) is 17.9 Å². The fourth-order valence-corrected chi connectivity index (χ4v) is 2.53. The highest BCUT2D eigenvalue weighted by molar-refractivity contribution is 5.97. The number of aliphatic carboxylic acids is 1. The summed E-state index contributed by atoms with van der Waals surface area (Å²) in [6, 6.07) is 6.21. The third-order valence-electron chi connectivity index (χ3n) is 3.75. The Bertz CT molecular complexity index is 492.